The van der Waals surface area contributed by atoms with E-state index in [0.29, 0.717) is 19.3 Å². The summed E-state index contributed by atoms with van der Waals surface area (Å²) in [5.74, 6) is -1.80. The van der Waals surface area contributed by atoms with Gasteiger partial charge in [-0.15, -0.1) is 0 Å². The predicted octanol–water partition coefficient (Wildman–Crippen LogP) is 4.10. The summed E-state index contributed by atoms with van der Waals surface area (Å²) in [6.45, 7) is 3.13. The number of allylic oxidation sites excluding steroid dienone is 1. The Hall–Kier alpha value is -1.59. The topological polar surface area (TPSA) is 180 Å². The molecule has 5 N–H and O–H groups in total. The maximum atomic E-state index is 12.2. The van der Waals surface area contributed by atoms with Crippen LogP contribution in [0, 0.1) is 11.8 Å². The number of esters is 2. The van der Waals surface area contributed by atoms with Gasteiger partial charge in [0.05, 0.1) is 31.3 Å². The van der Waals surface area contributed by atoms with Crippen molar-refractivity contribution in [2.45, 2.75) is 122 Å². The first-order valence-corrected chi connectivity index (χ1v) is 16.4. The summed E-state index contributed by atoms with van der Waals surface area (Å²) in [6, 6.07) is 0. The zero-order valence-electron chi connectivity index (χ0n) is 24.5. The van der Waals surface area contributed by atoms with Crippen LogP contribution in [0.3, 0.4) is 0 Å². The number of phosphoric ester groups is 1. The summed E-state index contributed by atoms with van der Waals surface area (Å²) in [6.07, 6.45) is 12.5. The fourth-order valence-electron chi connectivity index (χ4n) is 4.75. The smallest absolute Gasteiger partial charge is 0.461 e. The molecule has 1 saturated carbocycles. The summed E-state index contributed by atoms with van der Waals surface area (Å²) in [5.41, 5.74) is 0. The van der Waals surface area contributed by atoms with Gasteiger partial charge in [-0.25, -0.2) is 4.57 Å². The van der Waals surface area contributed by atoms with E-state index in [1.807, 2.05) is 0 Å². The monoisotopic (exact) mass is 606 g/mol. The molecule has 0 spiro atoms. The number of aliphatic hydroxyl groups excluding tert-OH is 3. The Morgan fingerprint density at radius 3 is 2.29 bits per heavy atom. The first kappa shape index (κ1) is 37.4. The summed E-state index contributed by atoms with van der Waals surface area (Å²) in [7, 11) is -4.81. The van der Waals surface area contributed by atoms with Gasteiger partial charge in [0, 0.05) is 18.8 Å². The van der Waals surface area contributed by atoms with Crippen LogP contribution in [0.4, 0.5) is 0 Å². The number of rotatable bonds is 22. The summed E-state index contributed by atoms with van der Waals surface area (Å²) >= 11 is 0. The first-order chi connectivity index (χ1) is 19.5. The standard InChI is InChI=1S/C29H51O11P/c1-3-5-7-8-10-16-29(34)40-23(21-39-41(35,36)37)20-38-28(33)15-12-11-14-24-25(27(32)19-26(24)31)18-17-22(30)13-9-6-4-2/h11-12,17-18,22-27,30-32H,3-10,13-16,19-21H2,1-2H3,(H2,35,36,37)/b12-11-,18-17+/t22-,23-,24+,25-,26+,27-/m1/s1. The van der Waals surface area contributed by atoms with E-state index >= 15 is 0 Å². The normalized spacial score (nSPS) is 22.8. The van der Waals surface area contributed by atoms with Crippen molar-refractivity contribution < 1.29 is 53.3 Å². The van der Waals surface area contributed by atoms with Crippen molar-refractivity contribution in [3.63, 3.8) is 0 Å². The number of carbonyl (C=O) groups is 2. The van der Waals surface area contributed by atoms with E-state index in [1.165, 1.54) is 0 Å². The molecule has 12 heteroatoms. The van der Waals surface area contributed by atoms with Gasteiger partial charge in [-0.3, -0.25) is 14.1 Å². The van der Waals surface area contributed by atoms with E-state index < -0.39 is 57.4 Å². The van der Waals surface area contributed by atoms with Crippen LogP contribution in [0.5, 0.6) is 0 Å². The number of phosphoric acid groups is 1. The molecule has 238 valence electrons. The van der Waals surface area contributed by atoms with Gasteiger partial charge in [0.25, 0.3) is 0 Å². The van der Waals surface area contributed by atoms with Gasteiger partial charge in [0.2, 0.25) is 0 Å². The van der Waals surface area contributed by atoms with Crippen molar-refractivity contribution >= 4 is 19.8 Å². The molecule has 11 nitrogen and oxygen atoms in total. The Labute approximate surface area is 244 Å². The van der Waals surface area contributed by atoms with E-state index in [1.54, 1.807) is 24.3 Å². The van der Waals surface area contributed by atoms with Gasteiger partial charge in [-0.05, 0) is 25.2 Å². The number of hydrogen-bond donors (Lipinski definition) is 5. The fourth-order valence-corrected chi connectivity index (χ4v) is 5.11. The molecule has 0 unspecified atom stereocenters. The molecule has 41 heavy (non-hydrogen) atoms. The number of hydrogen-bond acceptors (Lipinski definition) is 9. The summed E-state index contributed by atoms with van der Waals surface area (Å²) in [5, 5.41) is 30.9. The van der Waals surface area contributed by atoms with Crippen molar-refractivity contribution in [1.82, 2.24) is 0 Å². The molecule has 0 radical (unpaired) electrons. The van der Waals surface area contributed by atoms with E-state index in [2.05, 4.69) is 18.4 Å². The van der Waals surface area contributed by atoms with Gasteiger partial charge in [0.1, 0.15) is 6.61 Å². The van der Waals surface area contributed by atoms with Crippen LogP contribution in [0.25, 0.3) is 0 Å². The molecule has 0 aromatic carbocycles. The molecule has 1 rings (SSSR count). The lowest BCUT2D eigenvalue weighted by Gasteiger charge is -2.19. The van der Waals surface area contributed by atoms with Crippen molar-refractivity contribution in [3.05, 3.63) is 24.3 Å². The third-order valence-electron chi connectivity index (χ3n) is 7.08. The van der Waals surface area contributed by atoms with E-state index in [4.69, 9.17) is 19.3 Å². The summed E-state index contributed by atoms with van der Waals surface area (Å²) in [4.78, 5) is 42.3. The lowest BCUT2D eigenvalue weighted by Crippen LogP contribution is -2.29. The number of ether oxygens (including phenoxy) is 2. The highest BCUT2D eigenvalue weighted by Crippen LogP contribution is 2.37. The zero-order chi connectivity index (χ0) is 30.7. The number of aliphatic hydroxyl groups is 3. The molecular formula is C29H51O11P. The van der Waals surface area contributed by atoms with Gasteiger partial charge in [-0.2, -0.15) is 0 Å². The van der Waals surface area contributed by atoms with Crippen molar-refractivity contribution in [1.29, 1.82) is 0 Å². The second kappa shape index (κ2) is 21.2. The molecule has 1 aliphatic carbocycles. The third-order valence-corrected chi connectivity index (χ3v) is 7.56. The first-order valence-electron chi connectivity index (χ1n) is 14.9. The number of unbranched alkanes of at least 4 members (excludes halogenated alkanes) is 6. The minimum absolute atomic E-state index is 0.112. The highest BCUT2D eigenvalue weighted by Gasteiger charge is 2.39. The zero-order valence-corrected chi connectivity index (χ0v) is 25.4. The molecule has 0 saturated heterocycles. The SMILES string of the molecule is CCCCCCCC(=O)O[C@H](COC(=O)C/C=C\C[C@H]1[C@@H](/C=C/[C@H](O)CCCCC)[C@H](O)C[C@@H]1O)COP(=O)(O)O. The van der Waals surface area contributed by atoms with Gasteiger partial charge < -0.3 is 34.6 Å². The fraction of sp³-hybridized carbons (Fsp3) is 0.793. The van der Waals surface area contributed by atoms with Crippen molar-refractivity contribution in [2.24, 2.45) is 11.8 Å². The van der Waals surface area contributed by atoms with Crippen molar-refractivity contribution in [3.8, 4) is 0 Å². The molecule has 1 fully saturated rings. The average molecular weight is 607 g/mol. The quantitative estimate of drug-likeness (QED) is 0.0518. The average Bonchev–Trinajstić information content (AvgIpc) is 3.17. The molecule has 1 aliphatic rings. The highest BCUT2D eigenvalue weighted by atomic mass is 31.2. The van der Waals surface area contributed by atoms with Gasteiger partial charge in [-0.1, -0.05) is 83.1 Å². The number of carbonyl (C=O) groups excluding carboxylic acids is 2. The molecule has 0 heterocycles. The minimum atomic E-state index is -4.81. The van der Waals surface area contributed by atoms with Crippen LogP contribution in [0.2, 0.25) is 0 Å². The largest absolute Gasteiger partial charge is 0.469 e. The van der Waals surface area contributed by atoms with Crippen molar-refractivity contribution in [2.75, 3.05) is 13.2 Å². The maximum absolute atomic E-state index is 12.2. The Balaban J connectivity index is 2.54. The lowest BCUT2D eigenvalue weighted by molar-refractivity contribution is -0.160. The van der Waals surface area contributed by atoms with E-state index in [-0.39, 0.29) is 31.1 Å². The Bertz CT molecular complexity index is 841. The molecule has 6 atom stereocenters. The second-order valence-corrected chi connectivity index (χ2v) is 12.0. The molecule has 0 aromatic heterocycles. The van der Waals surface area contributed by atoms with Crippen LogP contribution in [-0.4, -0.2) is 74.7 Å². The molecule has 0 amide bonds. The van der Waals surface area contributed by atoms with Crippen LogP contribution in [0.15, 0.2) is 24.3 Å². The van der Waals surface area contributed by atoms with Gasteiger partial charge in [0.15, 0.2) is 6.10 Å². The Morgan fingerprint density at radius 2 is 1.61 bits per heavy atom. The van der Waals surface area contributed by atoms with E-state index in [9.17, 15) is 29.5 Å². The minimum Gasteiger partial charge on any atom is -0.461 e. The predicted molar refractivity (Wildman–Crippen MR) is 153 cm³/mol. The molecule has 0 aromatic rings. The highest BCUT2D eigenvalue weighted by molar-refractivity contribution is 7.46. The third kappa shape index (κ3) is 17.9. The van der Waals surface area contributed by atoms with Crippen LogP contribution < -0.4 is 0 Å². The molecule has 0 bridgehead atoms. The Kier molecular flexibility index (Phi) is 19.3. The second-order valence-electron chi connectivity index (χ2n) is 10.7. The van der Waals surface area contributed by atoms with Gasteiger partial charge >= 0.3 is 19.8 Å². The van der Waals surface area contributed by atoms with Crippen LogP contribution in [0.1, 0.15) is 97.3 Å². The lowest BCUT2D eigenvalue weighted by atomic mass is 9.89. The van der Waals surface area contributed by atoms with Crippen LogP contribution in [-0.2, 0) is 28.2 Å². The summed E-state index contributed by atoms with van der Waals surface area (Å²) < 4.78 is 25.9. The molecular weight excluding hydrogens is 555 g/mol. The maximum Gasteiger partial charge on any atom is 0.469 e. The molecule has 0 aliphatic heterocycles. The van der Waals surface area contributed by atoms with E-state index in [0.717, 1.165) is 44.9 Å². The van der Waals surface area contributed by atoms with Crippen LogP contribution >= 0.6 is 7.82 Å². The Morgan fingerprint density at radius 1 is 0.927 bits per heavy atom.